The van der Waals surface area contributed by atoms with E-state index < -0.39 is 23.9 Å². The quantitative estimate of drug-likeness (QED) is 0.390. The molecule has 188 valence electrons. The van der Waals surface area contributed by atoms with Crippen LogP contribution in [-0.4, -0.2) is 64.7 Å². The number of carbonyl (C=O) groups excluding carboxylic acids is 4. The van der Waals surface area contributed by atoms with Crippen LogP contribution in [-0.2, 0) is 14.4 Å². The molecule has 36 heavy (non-hydrogen) atoms. The van der Waals surface area contributed by atoms with Crippen molar-refractivity contribution in [2.75, 3.05) is 19.4 Å². The van der Waals surface area contributed by atoms with Crippen LogP contribution in [0.15, 0.2) is 48.8 Å². The van der Waals surface area contributed by atoms with Gasteiger partial charge in [0.15, 0.2) is 0 Å². The summed E-state index contributed by atoms with van der Waals surface area (Å²) in [4.78, 5) is 59.3. The molecular formula is C25H27ClN6O4. The third-order valence-electron chi connectivity index (χ3n) is 6.23. The number of fused-ring (bicyclic) bond motifs is 1. The maximum absolute atomic E-state index is 13.0. The van der Waals surface area contributed by atoms with Crippen LogP contribution in [0.4, 0.5) is 5.69 Å². The predicted molar refractivity (Wildman–Crippen MR) is 135 cm³/mol. The minimum Gasteiger partial charge on any atom is -0.351 e. The van der Waals surface area contributed by atoms with E-state index in [2.05, 4.69) is 25.9 Å². The number of hydrogen-bond acceptors (Lipinski definition) is 5. The molecule has 3 atom stereocenters. The summed E-state index contributed by atoms with van der Waals surface area (Å²) < 4.78 is 0. The number of aromatic amines is 1. The topological polar surface area (TPSA) is 136 Å². The first-order chi connectivity index (χ1) is 17.2. The summed E-state index contributed by atoms with van der Waals surface area (Å²) in [5.74, 6) is -2.48. The SMILES string of the molecule is CN(C)C(=O)[C@H]1CC[C@@H](NC(=O)c2cc3cc(Cl)ccc3[nH]2)[C@H](NC(=O)C(=O)Nc2cccnc2)C1. The number of aromatic nitrogens is 2. The van der Waals surface area contributed by atoms with E-state index in [1.54, 1.807) is 56.7 Å². The van der Waals surface area contributed by atoms with Crippen molar-refractivity contribution in [3.8, 4) is 0 Å². The number of nitrogens with one attached hydrogen (secondary N) is 4. The molecule has 0 spiro atoms. The van der Waals surface area contributed by atoms with Gasteiger partial charge in [-0.2, -0.15) is 0 Å². The van der Waals surface area contributed by atoms with Crippen molar-refractivity contribution >= 4 is 51.8 Å². The van der Waals surface area contributed by atoms with Gasteiger partial charge in [0.25, 0.3) is 5.91 Å². The Bertz CT molecular complexity index is 1290. The van der Waals surface area contributed by atoms with E-state index in [4.69, 9.17) is 11.6 Å². The van der Waals surface area contributed by atoms with Crippen molar-refractivity contribution in [2.24, 2.45) is 5.92 Å². The van der Waals surface area contributed by atoms with Crippen LogP contribution in [0.2, 0.25) is 5.02 Å². The summed E-state index contributed by atoms with van der Waals surface area (Å²) in [5, 5.41) is 9.53. The number of H-pyrrole nitrogens is 1. The smallest absolute Gasteiger partial charge is 0.313 e. The van der Waals surface area contributed by atoms with Gasteiger partial charge in [-0.15, -0.1) is 0 Å². The van der Waals surface area contributed by atoms with Gasteiger partial charge >= 0.3 is 11.8 Å². The fourth-order valence-electron chi connectivity index (χ4n) is 4.42. The molecule has 1 aliphatic carbocycles. The molecule has 4 N–H and O–H groups in total. The molecule has 2 heterocycles. The molecule has 1 fully saturated rings. The van der Waals surface area contributed by atoms with E-state index in [1.165, 1.54) is 11.1 Å². The molecular weight excluding hydrogens is 484 g/mol. The minimum atomic E-state index is -0.860. The van der Waals surface area contributed by atoms with Crippen molar-refractivity contribution in [1.29, 1.82) is 0 Å². The standard InChI is InChI=1S/C25H27ClN6O4/c1-32(2)25(36)14-5-7-19(30-22(33)21-12-15-10-16(26)6-8-18(15)29-21)20(11-14)31-24(35)23(34)28-17-4-3-9-27-13-17/h3-4,6,8-10,12-14,19-20,29H,5,7,11H2,1-2H3,(H,28,34)(H,30,33)(H,31,35)/t14-,19+,20+/m0/s1. The summed E-state index contributed by atoms with van der Waals surface area (Å²) in [7, 11) is 3.35. The van der Waals surface area contributed by atoms with Crippen LogP contribution in [0.1, 0.15) is 29.8 Å². The highest BCUT2D eigenvalue weighted by atomic mass is 35.5. The maximum atomic E-state index is 13.0. The number of pyridine rings is 1. The Balaban J connectivity index is 1.48. The number of halogens is 1. The number of rotatable bonds is 5. The molecule has 0 aliphatic heterocycles. The van der Waals surface area contributed by atoms with Gasteiger partial charge in [-0.25, -0.2) is 0 Å². The third-order valence-corrected chi connectivity index (χ3v) is 6.46. The zero-order valence-corrected chi connectivity index (χ0v) is 20.6. The van der Waals surface area contributed by atoms with E-state index in [0.29, 0.717) is 29.2 Å². The van der Waals surface area contributed by atoms with Gasteiger partial charge in [0.2, 0.25) is 5.91 Å². The first-order valence-corrected chi connectivity index (χ1v) is 11.9. The Morgan fingerprint density at radius 1 is 1.03 bits per heavy atom. The molecule has 4 amide bonds. The first-order valence-electron chi connectivity index (χ1n) is 11.5. The van der Waals surface area contributed by atoms with Gasteiger partial charge < -0.3 is 25.8 Å². The number of carbonyl (C=O) groups is 4. The van der Waals surface area contributed by atoms with Gasteiger partial charge in [0, 0.05) is 48.2 Å². The average molecular weight is 511 g/mol. The van der Waals surface area contributed by atoms with Gasteiger partial charge in [0.05, 0.1) is 17.9 Å². The lowest BCUT2D eigenvalue weighted by atomic mass is 9.81. The highest BCUT2D eigenvalue weighted by molar-refractivity contribution is 6.39. The molecule has 2 aromatic heterocycles. The second-order valence-electron chi connectivity index (χ2n) is 9.01. The third kappa shape index (κ3) is 5.83. The summed E-state index contributed by atoms with van der Waals surface area (Å²) in [6.07, 6.45) is 4.26. The lowest BCUT2D eigenvalue weighted by Crippen LogP contribution is -2.57. The number of hydrogen-bond donors (Lipinski definition) is 4. The highest BCUT2D eigenvalue weighted by Gasteiger charge is 2.37. The molecule has 3 aromatic rings. The van der Waals surface area contributed by atoms with Crippen LogP contribution in [0, 0.1) is 5.92 Å². The molecule has 0 unspecified atom stereocenters. The van der Waals surface area contributed by atoms with E-state index >= 15 is 0 Å². The summed E-state index contributed by atoms with van der Waals surface area (Å²) in [5.41, 5.74) is 1.49. The van der Waals surface area contributed by atoms with Crippen molar-refractivity contribution < 1.29 is 19.2 Å². The van der Waals surface area contributed by atoms with Crippen LogP contribution < -0.4 is 16.0 Å². The summed E-state index contributed by atoms with van der Waals surface area (Å²) >= 11 is 6.05. The van der Waals surface area contributed by atoms with Crippen LogP contribution in [0.3, 0.4) is 0 Å². The number of amides is 4. The Morgan fingerprint density at radius 3 is 2.56 bits per heavy atom. The summed E-state index contributed by atoms with van der Waals surface area (Å²) in [6, 6.07) is 9.12. The Labute approximate surface area is 212 Å². The number of benzene rings is 1. The van der Waals surface area contributed by atoms with Crippen LogP contribution in [0.25, 0.3) is 10.9 Å². The Hall–Kier alpha value is -3.92. The molecule has 11 heteroatoms. The van der Waals surface area contributed by atoms with E-state index in [9.17, 15) is 19.2 Å². The number of nitrogens with zero attached hydrogens (tertiary/aromatic N) is 2. The molecule has 10 nitrogen and oxygen atoms in total. The van der Waals surface area contributed by atoms with Gasteiger partial charge in [-0.3, -0.25) is 24.2 Å². The second kappa shape index (κ2) is 10.8. The van der Waals surface area contributed by atoms with Crippen molar-refractivity contribution in [1.82, 2.24) is 25.5 Å². The predicted octanol–water partition coefficient (Wildman–Crippen LogP) is 2.33. The summed E-state index contributed by atoms with van der Waals surface area (Å²) in [6.45, 7) is 0. The lowest BCUT2D eigenvalue weighted by molar-refractivity contribution is -0.138. The molecule has 1 aromatic carbocycles. The van der Waals surface area contributed by atoms with Gasteiger partial charge in [0.1, 0.15) is 5.69 Å². The molecule has 1 saturated carbocycles. The molecule has 0 radical (unpaired) electrons. The van der Waals surface area contributed by atoms with Crippen LogP contribution in [0.5, 0.6) is 0 Å². The van der Waals surface area contributed by atoms with Crippen molar-refractivity contribution in [3.05, 3.63) is 59.5 Å². The number of anilines is 1. The van der Waals surface area contributed by atoms with Crippen molar-refractivity contribution in [3.63, 3.8) is 0 Å². The van der Waals surface area contributed by atoms with Gasteiger partial charge in [-0.1, -0.05) is 11.6 Å². The first kappa shape index (κ1) is 25.2. The highest BCUT2D eigenvalue weighted by Crippen LogP contribution is 2.27. The zero-order valence-electron chi connectivity index (χ0n) is 19.9. The van der Waals surface area contributed by atoms with Crippen molar-refractivity contribution in [2.45, 2.75) is 31.3 Å². The van der Waals surface area contributed by atoms with Crippen LogP contribution >= 0.6 is 11.6 Å². The molecule has 1 aliphatic rings. The Morgan fingerprint density at radius 2 is 1.83 bits per heavy atom. The minimum absolute atomic E-state index is 0.0636. The van der Waals surface area contributed by atoms with E-state index in [-0.39, 0.29) is 24.2 Å². The normalized spacial score (nSPS) is 19.4. The molecule has 0 saturated heterocycles. The Kier molecular flexibility index (Phi) is 7.54. The monoisotopic (exact) mass is 510 g/mol. The van der Waals surface area contributed by atoms with E-state index in [1.807, 2.05) is 0 Å². The average Bonchev–Trinajstić information content (AvgIpc) is 3.28. The second-order valence-corrected chi connectivity index (χ2v) is 9.45. The van der Waals surface area contributed by atoms with Gasteiger partial charge in [-0.05, 0) is 55.7 Å². The largest absolute Gasteiger partial charge is 0.351 e. The fraction of sp³-hybridized carbons (Fsp3) is 0.320. The zero-order chi connectivity index (χ0) is 25.8. The fourth-order valence-corrected chi connectivity index (χ4v) is 4.60. The molecule has 0 bridgehead atoms. The maximum Gasteiger partial charge on any atom is 0.313 e. The lowest BCUT2D eigenvalue weighted by Gasteiger charge is -2.37. The van der Waals surface area contributed by atoms with E-state index in [0.717, 1.165) is 10.9 Å². The molecule has 4 rings (SSSR count).